The predicted molar refractivity (Wildman–Crippen MR) is 151 cm³/mol. The van der Waals surface area contributed by atoms with E-state index in [1.54, 1.807) is 0 Å². The van der Waals surface area contributed by atoms with Crippen molar-refractivity contribution in [2.75, 3.05) is 0 Å². The SMILES string of the molecule is CC(F)(F)C(N)=O.FC1(F)CCCCC1.N=C/C(=C\c1ncc(CNC(=O)c2nonc2C2CC2)[nH]1)CC1CC(C(F)(F)F)NC1=O. The van der Waals surface area contributed by atoms with Crippen LogP contribution < -0.4 is 16.4 Å². The Hall–Kier alpha value is -4.32. The molecule has 2 saturated carbocycles. The summed E-state index contributed by atoms with van der Waals surface area (Å²) in [4.78, 5) is 40.8. The summed E-state index contributed by atoms with van der Waals surface area (Å²) in [7, 11) is 0. The Balaban J connectivity index is 0.000000329. The summed E-state index contributed by atoms with van der Waals surface area (Å²) in [6.07, 6.45) is 3.61. The van der Waals surface area contributed by atoms with E-state index in [1.165, 1.54) is 12.3 Å². The number of primary amides is 1. The van der Waals surface area contributed by atoms with Gasteiger partial charge in [-0.3, -0.25) is 14.4 Å². The van der Waals surface area contributed by atoms with Gasteiger partial charge in [0, 0.05) is 37.8 Å². The largest absolute Gasteiger partial charge is 0.408 e. The monoisotopic (exact) mass is 680 g/mol. The van der Waals surface area contributed by atoms with Crippen LogP contribution in [-0.2, 0) is 16.1 Å². The van der Waals surface area contributed by atoms with Gasteiger partial charge in [0.25, 0.3) is 11.8 Å². The van der Waals surface area contributed by atoms with E-state index in [-0.39, 0.29) is 43.8 Å². The number of imidazole rings is 1. The number of hydrogen-bond donors (Lipinski definition) is 5. The second-order valence-corrected chi connectivity index (χ2v) is 11.5. The first kappa shape index (κ1) is 37.1. The summed E-state index contributed by atoms with van der Waals surface area (Å²) in [6, 6.07) is -1.87. The first-order valence-corrected chi connectivity index (χ1v) is 14.7. The molecule has 0 aromatic carbocycles. The molecule has 3 amide bonds. The first-order valence-electron chi connectivity index (χ1n) is 14.7. The maximum Gasteiger partial charge on any atom is 0.408 e. The van der Waals surface area contributed by atoms with Crippen molar-refractivity contribution in [3.63, 3.8) is 0 Å². The quantitative estimate of drug-likeness (QED) is 0.185. The number of nitrogens with zero attached hydrogens (tertiary/aromatic N) is 3. The zero-order valence-corrected chi connectivity index (χ0v) is 25.2. The van der Waals surface area contributed by atoms with Gasteiger partial charge in [0.15, 0.2) is 5.69 Å². The molecule has 12 nitrogen and oxygen atoms in total. The molecule has 1 saturated heterocycles. The highest BCUT2D eigenvalue weighted by Gasteiger charge is 2.47. The fourth-order valence-electron chi connectivity index (χ4n) is 4.60. The molecule has 1 aliphatic heterocycles. The molecular weight excluding hydrogens is 645 g/mol. The lowest BCUT2D eigenvalue weighted by atomic mass is 9.96. The van der Waals surface area contributed by atoms with E-state index >= 15 is 0 Å². The number of hydrogen-bond acceptors (Lipinski definition) is 8. The first-order chi connectivity index (χ1) is 21.9. The summed E-state index contributed by atoms with van der Waals surface area (Å²) < 4.78 is 90.3. The van der Waals surface area contributed by atoms with Crippen LogP contribution in [0.1, 0.15) is 98.3 Å². The van der Waals surface area contributed by atoms with Crippen molar-refractivity contribution < 1.29 is 49.7 Å². The number of carbonyl (C=O) groups excluding carboxylic acids is 3. The van der Waals surface area contributed by atoms with Gasteiger partial charge in [-0.2, -0.15) is 22.0 Å². The minimum Gasteiger partial charge on any atom is -0.364 e. The van der Waals surface area contributed by atoms with Crippen molar-refractivity contribution in [1.29, 1.82) is 5.41 Å². The lowest BCUT2D eigenvalue weighted by Crippen LogP contribution is -2.38. The van der Waals surface area contributed by atoms with E-state index in [0.29, 0.717) is 42.6 Å². The van der Waals surface area contributed by atoms with Crippen LogP contribution in [0.5, 0.6) is 0 Å². The summed E-state index contributed by atoms with van der Waals surface area (Å²) >= 11 is 0. The molecule has 260 valence electrons. The Morgan fingerprint density at radius 2 is 1.79 bits per heavy atom. The summed E-state index contributed by atoms with van der Waals surface area (Å²) in [6.45, 7) is 0.574. The highest BCUT2D eigenvalue weighted by Crippen LogP contribution is 2.40. The molecule has 0 spiro atoms. The van der Waals surface area contributed by atoms with E-state index in [0.717, 1.165) is 25.5 Å². The predicted octanol–water partition coefficient (Wildman–Crippen LogP) is 4.80. The molecule has 2 aromatic rings. The minimum absolute atomic E-state index is 0.0161. The van der Waals surface area contributed by atoms with Crippen molar-refractivity contribution in [3.05, 3.63) is 34.7 Å². The maximum absolute atomic E-state index is 12.8. The molecule has 3 heterocycles. The van der Waals surface area contributed by atoms with Crippen molar-refractivity contribution in [1.82, 2.24) is 30.9 Å². The number of carbonyl (C=O) groups is 3. The zero-order chi connectivity index (χ0) is 35.0. The number of nitrogens with one attached hydrogen (secondary N) is 4. The molecule has 3 fully saturated rings. The molecule has 2 atom stereocenters. The fraction of sp³-hybridized carbons (Fsp3) is 0.607. The van der Waals surface area contributed by atoms with Crippen LogP contribution in [0.2, 0.25) is 0 Å². The third-order valence-corrected chi connectivity index (χ3v) is 7.39. The standard InChI is InChI=1S/C19H20F3N7O3.C6H10F2.C3H5F2NO/c20-19(21,22)13-5-11(17(30)27-13)3-9(6-23)4-14-24-7-12(26-14)8-25-18(31)16-15(10-1-2-10)28-32-29-16;7-6(8)4-2-1-3-5-6;1-3(4,5)2(6)7/h4,6-7,10-11,13,23H,1-3,5,8H2,(H,24,26)(H,25,31)(H,27,30);1-5H2;1H3,(H2,6,7)/b9-4-,23-6?;;. The number of amides is 3. The smallest absolute Gasteiger partial charge is 0.364 e. The van der Waals surface area contributed by atoms with Crippen LogP contribution in [0, 0.1) is 11.3 Å². The summed E-state index contributed by atoms with van der Waals surface area (Å²) in [5.41, 5.74) is 5.80. The number of aromatic nitrogens is 4. The lowest BCUT2D eigenvalue weighted by Gasteiger charge is -2.20. The van der Waals surface area contributed by atoms with Crippen LogP contribution in [0.3, 0.4) is 0 Å². The molecular formula is C28H35F7N8O4. The number of H-pyrrole nitrogens is 1. The van der Waals surface area contributed by atoms with Gasteiger partial charge in [-0.15, -0.1) is 0 Å². The highest BCUT2D eigenvalue weighted by atomic mass is 19.4. The second-order valence-electron chi connectivity index (χ2n) is 11.5. The molecule has 3 aliphatic rings. The highest BCUT2D eigenvalue weighted by molar-refractivity contribution is 5.93. The molecule has 2 unspecified atom stereocenters. The van der Waals surface area contributed by atoms with E-state index in [4.69, 9.17) is 5.41 Å². The number of aromatic amines is 1. The molecule has 5 rings (SSSR count). The number of rotatable bonds is 9. The van der Waals surface area contributed by atoms with E-state index in [2.05, 4.69) is 36.0 Å². The topological polar surface area (TPSA) is 193 Å². The average molecular weight is 681 g/mol. The maximum atomic E-state index is 12.8. The van der Waals surface area contributed by atoms with Gasteiger partial charge in [0.1, 0.15) is 17.6 Å². The Morgan fingerprint density at radius 1 is 1.15 bits per heavy atom. The van der Waals surface area contributed by atoms with E-state index in [1.807, 2.05) is 5.32 Å². The average Bonchev–Trinajstić information content (AvgIpc) is 3.34. The van der Waals surface area contributed by atoms with Crippen molar-refractivity contribution >= 4 is 30.0 Å². The summed E-state index contributed by atoms with van der Waals surface area (Å²) in [5, 5.41) is 19.6. The zero-order valence-electron chi connectivity index (χ0n) is 25.2. The van der Waals surface area contributed by atoms with Crippen LogP contribution in [-0.4, -0.2) is 68.3 Å². The lowest BCUT2D eigenvalue weighted by molar-refractivity contribution is -0.154. The van der Waals surface area contributed by atoms with Crippen molar-refractivity contribution in [2.24, 2.45) is 11.7 Å². The molecule has 2 aliphatic carbocycles. The normalized spacial score (nSPS) is 21.0. The van der Waals surface area contributed by atoms with Crippen LogP contribution in [0.15, 0.2) is 16.4 Å². The summed E-state index contributed by atoms with van der Waals surface area (Å²) in [5.74, 6) is -8.70. The van der Waals surface area contributed by atoms with Gasteiger partial charge in [-0.05, 0) is 55.3 Å². The van der Waals surface area contributed by atoms with Crippen LogP contribution in [0.4, 0.5) is 30.7 Å². The Kier molecular flexibility index (Phi) is 12.3. The second kappa shape index (κ2) is 15.5. The van der Waals surface area contributed by atoms with Crippen molar-refractivity contribution in [3.8, 4) is 0 Å². The van der Waals surface area contributed by atoms with E-state index in [9.17, 15) is 45.1 Å². The molecule has 19 heteroatoms. The minimum atomic E-state index is -4.50. The fourth-order valence-corrected chi connectivity index (χ4v) is 4.60. The Bertz CT molecular complexity index is 1420. The van der Waals surface area contributed by atoms with Crippen LogP contribution >= 0.6 is 0 Å². The number of halogens is 7. The van der Waals surface area contributed by atoms with Crippen molar-refractivity contribution in [2.45, 2.75) is 101 Å². The van der Waals surface area contributed by atoms with Gasteiger partial charge >= 0.3 is 12.1 Å². The van der Waals surface area contributed by atoms with Gasteiger partial charge in [-0.25, -0.2) is 18.4 Å². The molecule has 47 heavy (non-hydrogen) atoms. The van der Waals surface area contributed by atoms with Gasteiger partial charge in [0.2, 0.25) is 11.8 Å². The molecule has 0 bridgehead atoms. The number of nitrogens with two attached hydrogens (primary N) is 1. The van der Waals surface area contributed by atoms with Gasteiger partial charge in [0.05, 0.1) is 18.4 Å². The Labute approximate surface area is 264 Å². The molecule has 0 radical (unpaired) electrons. The third kappa shape index (κ3) is 11.8. The third-order valence-electron chi connectivity index (χ3n) is 7.39. The van der Waals surface area contributed by atoms with Gasteiger partial charge in [-0.1, -0.05) is 11.6 Å². The number of allylic oxidation sites excluding steroid dienone is 1. The van der Waals surface area contributed by atoms with Gasteiger partial charge < -0.3 is 26.8 Å². The molecule has 6 N–H and O–H groups in total. The van der Waals surface area contributed by atoms with Crippen LogP contribution in [0.25, 0.3) is 6.08 Å². The number of alkyl halides is 7. The van der Waals surface area contributed by atoms with E-state index < -0.39 is 47.7 Å². The molecule has 2 aromatic heterocycles. The Morgan fingerprint density at radius 3 is 2.28 bits per heavy atom.